The smallest absolute Gasteiger partial charge is 0.127 e. The van der Waals surface area contributed by atoms with Crippen LogP contribution in [0.3, 0.4) is 0 Å². The van der Waals surface area contributed by atoms with Crippen LogP contribution in [0.5, 0.6) is 5.75 Å². The van der Waals surface area contributed by atoms with Crippen molar-refractivity contribution in [2.24, 2.45) is 0 Å². The normalized spacial score (nSPS) is 15.8. The van der Waals surface area contributed by atoms with Gasteiger partial charge in [-0.3, -0.25) is 4.90 Å². The van der Waals surface area contributed by atoms with E-state index in [1.807, 2.05) is 30.3 Å². The van der Waals surface area contributed by atoms with E-state index in [0.29, 0.717) is 18.3 Å². The van der Waals surface area contributed by atoms with Gasteiger partial charge in [-0.2, -0.15) is 5.10 Å². The fourth-order valence-corrected chi connectivity index (χ4v) is 2.70. The van der Waals surface area contributed by atoms with Crippen molar-refractivity contribution in [3.8, 4) is 11.4 Å². The topological polar surface area (TPSA) is 65.5 Å². The van der Waals surface area contributed by atoms with E-state index in [1.165, 1.54) is 0 Å². The number of hydrogen-bond acceptors (Lipinski definition) is 5. The number of morpholine rings is 1. The highest BCUT2D eigenvalue weighted by Gasteiger charge is 2.11. The Bertz CT molecular complexity index is 646. The van der Waals surface area contributed by atoms with Crippen molar-refractivity contribution in [1.82, 2.24) is 14.7 Å². The lowest BCUT2D eigenvalue weighted by molar-refractivity contribution is 0.0322. The maximum absolute atomic E-state index is 6.07. The van der Waals surface area contributed by atoms with Crippen molar-refractivity contribution in [1.29, 1.82) is 0 Å². The zero-order valence-corrected chi connectivity index (χ0v) is 14.4. The molecule has 1 aromatic heterocycles. The molecule has 0 bridgehead atoms. The van der Waals surface area contributed by atoms with E-state index < -0.39 is 0 Å². The quantitative estimate of drug-likeness (QED) is 0.880. The molecule has 0 amide bonds. The Hall–Kier alpha value is -2.05. The van der Waals surface area contributed by atoms with Crippen LogP contribution in [-0.2, 0) is 4.74 Å². The Morgan fingerprint density at radius 1 is 1.21 bits per heavy atom. The summed E-state index contributed by atoms with van der Waals surface area (Å²) < 4.78 is 12.9. The molecule has 6 heteroatoms. The summed E-state index contributed by atoms with van der Waals surface area (Å²) in [7, 11) is 0. The van der Waals surface area contributed by atoms with E-state index in [4.69, 9.17) is 15.2 Å². The number of anilines is 1. The van der Waals surface area contributed by atoms with E-state index >= 15 is 0 Å². The minimum atomic E-state index is 0.358. The van der Waals surface area contributed by atoms with Gasteiger partial charge in [-0.05, 0) is 30.2 Å². The first-order chi connectivity index (χ1) is 11.6. The molecule has 24 heavy (non-hydrogen) atoms. The zero-order chi connectivity index (χ0) is 16.9. The molecule has 0 spiro atoms. The molecule has 0 saturated carbocycles. The third-order valence-electron chi connectivity index (χ3n) is 4.21. The van der Waals surface area contributed by atoms with E-state index in [-0.39, 0.29) is 0 Å². The number of ether oxygens (including phenoxy) is 2. The predicted octanol–water partition coefficient (Wildman–Crippen LogP) is 2.29. The summed E-state index contributed by atoms with van der Waals surface area (Å²) in [6.45, 7) is 9.43. The number of rotatable bonds is 6. The van der Waals surface area contributed by atoms with E-state index in [0.717, 1.165) is 50.0 Å². The van der Waals surface area contributed by atoms with Crippen LogP contribution in [0.25, 0.3) is 5.69 Å². The van der Waals surface area contributed by atoms with Gasteiger partial charge in [0.25, 0.3) is 0 Å². The number of aromatic nitrogens is 2. The lowest BCUT2D eigenvalue weighted by atomic mass is 10.1. The van der Waals surface area contributed by atoms with Gasteiger partial charge in [-0.25, -0.2) is 4.68 Å². The Morgan fingerprint density at radius 2 is 1.92 bits per heavy atom. The van der Waals surface area contributed by atoms with E-state index in [9.17, 15) is 0 Å². The molecule has 130 valence electrons. The molecule has 1 aliphatic rings. The van der Waals surface area contributed by atoms with Gasteiger partial charge in [0.05, 0.1) is 24.6 Å². The second kappa shape index (κ2) is 7.68. The van der Waals surface area contributed by atoms with Crippen LogP contribution in [0.15, 0.2) is 30.3 Å². The van der Waals surface area contributed by atoms with E-state index in [2.05, 4.69) is 23.8 Å². The second-order valence-corrected chi connectivity index (χ2v) is 6.36. The standard InChI is InChI=1S/C18H26N4O2/c1-14(2)17-13-18(19)22(20-17)15-3-5-16(6-4-15)24-12-9-21-7-10-23-11-8-21/h3-6,13-14H,7-12,19H2,1-2H3. The lowest BCUT2D eigenvalue weighted by Crippen LogP contribution is -2.38. The highest BCUT2D eigenvalue weighted by atomic mass is 16.5. The van der Waals surface area contributed by atoms with Gasteiger partial charge in [0.2, 0.25) is 0 Å². The third kappa shape index (κ3) is 4.07. The van der Waals surface area contributed by atoms with Crippen LogP contribution in [0, 0.1) is 0 Å². The van der Waals surface area contributed by atoms with Crippen molar-refractivity contribution in [3.63, 3.8) is 0 Å². The molecule has 2 heterocycles. The van der Waals surface area contributed by atoms with Crippen LogP contribution in [0.4, 0.5) is 5.82 Å². The van der Waals surface area contributed by atoms with Gasteiger partial charge in [0, 0.05) is 25.7 Å². The SMILES string of the molecule is CC(C)c1cc(N)n(-c2ccc(OCCN3CCOCC3)cc2)n1. The third-order valence-corrected chi connectivity index (χ3v) is 4.21. The summed E-state index contributed by atoms with van der Waals surface area (Å²) >= 11 is 0. The number of nitrogens with two attached hydrogens (primary N) is 1. The average molecular weight is 330 g/mol. The fraction of sp³-hybridized carbons (Fsp3) is 0.500. The molecule has 2 aromatic rings. The van der Waals surface area contributed by atoms with Crippen LogP contribution < -0.4 is 10.5 Å². The van der Waals surface area contributed by atoms with Gasteiger partial charge in [-0.15, -0.1) is 0 Å². The van der Waals surface area contributed by atoms with Crippen molar-refractivity contribution < 1.29 is 9.47 Å². The van der Waals surface area contributed by atoms with Crippen molar-refractivity contribution >= 4 is 5.82 Å². The largest absolute Gasteiger partial charge is 0.492 e. The highest BCUT2D eigenvalue weighted by Crippen LogP contribution is 2.21. The van der Waals surface area contributed by atoms with Gasteiger partial charge < -0.3 is 15.2 Å². The average Bonchev–Trinajstić information content (AvgIpc) is 2.99. The van der Waals surface area contributed by atoms with Crippen LogP contribution in [0.2, 0.25) is 0 Å². The van der Waals surface area contributed by atoms with E-state index in [1.54, 1.807) is 4.68 Å². The van der Waals surface area contributed by atoms with Crippen LogP contribution in [0.1, 0.15) is 25.5 Å². The molecule has 1 aromatic carbocycles. The molecular weight excluding hydrogens is 304 g/mol. The molecule has 0 aliphatic carbocycles. The van der Waals surface area contributed by atoms with Crippen LogP contribution in [-0.4, -0.2) is 54.1 Å². The minimum absolute atomic E-state index is 0.358. The summed E-state index contributed by atoms with van der Waals surface area (Å²) in [6, 6.07) is 9.82. The molecule has 2 N–H and O–H groups in total. The van der Waals surface area contributed by atoms with Crippen molar-refractivity contribution in [2.45, 2.75) is 19.8 Å². The van der Waals surface area contributed by atoms with Gasteiger partial charge in [0.15, 0.2) is 0 Å². The number of hydrogen-bond donors (Lipinski definition) is 1. The molecule has 6 nitrogen and oxygen atoms in total. The first-order valence-corrected chi connectivity index (χ1v) is 8.52. The molecular formula is C18H26N4O2. The van der Waals surface area contributed by atoms with Gasteiger partial charge in [0.1, 0.15) is 18.2 Å². The Labute approximate surface area is 143 Å². The van der Waals surface area contributed by atoms with Gasteiger partial charge >= 0.3 is 0 Å². The molecule has 0 unspecified atom stereocenters. The second-order valence-electron chi connectivity index (χ2n) is 6.36. The predicted molar refractivity (Wildman–Crippen MR) is 94.8 cm³/mol. The summed E-state index contributed by atoms with van der Waals surface area (Å²) in [5.74, 6) is 1.87. The molecule has 1 fully saturated rings. The minimum Gasteiger partial charge on any atom is -0.492 e. The maximum atomic E-state index is 6.07. The number of benzene rings is 1. The Balaban J connectivity index is 1.57. The zero-order valence-electron chi connectivity index (χ0n) is 14.4. The molecule has 0 radical (unpaired) electrons. The van der Waals surface area contributed by atoms with Gasteiger partial charge in [-0.1, -0.05) is 13.8 Å². The summed E-state index contributed by atoms with van der Waals surface area (Å²) in [5.41, 5.74) is 8.01. The first-order valence-electron chi connectivity index (χ1n) is 8.52. The van der Waals surface area contributed by atoms with Crippen molar-refractivity contribution in [3.05, 3.63) is 36.0 Å². The summed E-state index contributed by atoms with van der Waals surface area (Å²) in [4.78, 5) is 2.36. The monoisotopic (exact) mass is 330 g/mol. The lowest BCUT2D eigenvalue weighted by Gasteiger charge is -2.26. The molecule has 1 aliphatic heterocycles. The highest BCUT2D eigenvalue weighted by molar-refractivity contribution is 5.45. The summed E-state index contributed by atoms with van der Waals surface area (Å²) in [6.07, 6.45) is 0. The molecule has 3 rings (SSSR count). The fourth-order valence-electron chi connectivity index (χ4n) is 2.70. The first kappa shape index (κ1) is 16.8. The van der Waals surface area contributed by atoms with Crippen LogP contribution >= 0.6 is 0 Å². The Morgan fingerprint density at radius 3 is 2.54 bits per heavy atom. The molecule has 0 atom stereocenters. The Kier molecular flexibility index (Phi) is 5.37. The summed E-state index contributed by atoms with van der Waals surface area (Å²) in [5, 5.41) is 4.56. The maximum Gasteiger partial charge on any atom is 0.127 e. The molecule has 1 saturated heterocycles. The van der Waals surface area contributed by atoms with Crippen molar-refractivity contribution in [2.75, 3.05) is 45.2 Å². The number of nitrogen functional groups attached to an aromatic ring is 1. The number of nitrogens with zero attached hydrogens (tertiary/aromatic N) is 3.